The fourth-order valence-electron chi connectivity index (χ4n) is 2.10. The van der Waals surface area contributed by atoms with Crippen LogP contribution in [-0.2, 0) is 4.74 Å². The van der Waals surface area contributed by atoms with E-state index in [4.69, 9.17) is 4.74 Å². The van der Waals surface area contributed by atoms with Crippen LogP contribution in [0.15, 0.2) is 5.10 Å². The second-order valence-corrected chi connectivity index (χ2v) is 4.27. The Labute approximate surface area is 93.6 Å². The van der Waals surface area contributed by atoms with E-state index in [0.29, 0.717) is 18.4 Å². The maximum absolute atomic E-state index is 10.4. The highest BCUT2D eigenvalue weighted by Crippen LogP contribution is 2.17. The Bertz CT molecular complexity index is 301. The number of rotatable bonds is 3. The molecule has 2 rings (SSSR count). The van der Waals surface area contributed by atoms with Crippen molar-refractivity contribution in [1.29, 1.82) is 0 Å². The molecule has 90 valence electrons. The van der Waals surface area contributed by atoms with Crippen molar-refractivity contribution in [3.63, 3.8) is 0 Å². The summed E-state index contributed by atoms with van der Waals surface area (Å²) in [7, 11) is 0. The summed E-state index contributed by atoms with van der Waals surface area (Å²) in [6.07, 6.45) is 1.02. The van der Waals surface area contributed by atoms with Gasteiger partial charge < -0.3 is 15.0 Å². The first kappa shape index (κ1) is 11.1. The second kappa shape index (κ2) is 4.65. The summed E-state index contributed by atoms with van der Waals surface area (Å²) in [4.78, 5) is 12.3. The number of ether oxygens (including phenoxy) is 1. The van der Waals surface area contributed by atoms with Crippen molar-refractivity contribution >= 4 is 5.96 Å². The molecule has 0 amide bonds. The molecule has 0 bridgehead atoms. The van der Waals surface area contributed by atoms with Crippen LogP contribution in [0.1, 0.15) is 13.3 Å². The van der Waals surface area contributed by atoms with Crippen LogP contribution < -0.4 is 5.32 Å². The number of guanidine groups is 1. The van der Waals surface area contributed by atoms with Gasteiger partial charge in [0.05, 0.1) is 6.61 Å². The van der Waals surface area contributed by atoms with Gasteiger partial charge in [0.1, 0.15) is 5.10 Å². The molecule has 2 aliphatic rings. The summed E-state index contributed by atoms with van der Waals surface area (Å²) >= 11 is 0. The lowest BCUT2D eigenvalue weighted by atomic mass is 10.1. The lowest BCUT2D eigenvalue weighted by Gasteiger charge is -2.23. The Hall–Kier alpha value is -1.37. The monoisotopic (exact) mass is 228 g/mol. The van der Waals surface area contributed by atoms with Crippen molar-refractivity contribution in [3.8, 4) is 0 Å². The fourth-order valence-corrected chi connectivity index (χ4v) is 2.10. The molecule has 2 aliphatic heterocycles. The SMILES string of the molecule is CC1CNC(=N[N+](=O)[O-])N1CC1CCOC1. The zero-order valence-corrected chi connectivity index (χ0v) is 9.26. The minimum atomic E-state index is -0.654. The average Bonchev–Trinajstić information content (AvgIpc) is 2.82. The van der Waals surface area contributed by atoms with Crippen LogP contribution in [0.4, 0.5) is 0 Å². The molecule has 2 atom stereocenters. The van der Waals surface area contributed by atoms with Crippen LogP contribution in [0.3, 0.4) is 0 Å². The standard InChI is InChI=1S/C9H16N4O3/c1-7-4-10-9(11-13(14)15)12(7)5-8-2-3-16-6-8/h7-8H,2-6H2,1H3,(H,10,11). The highest BCUT2D eigenvalue weighted by atomic mass is 16.7. The maximum Gasteiger partial charge on any atom is 0.271 e. The number of hydrazone groups is 1. The number of hydrogen-bond donors (Lipinski definition) is 1. The molecule has 2 heterocycles. The molecule has 0 saturated carbocycles. The summed E-state index contributed by atoms with van der Waals surface area (Å²) in [5.74, 6) is 0.837. The third kappa shape index (κ3) is 2.41. The van der Waals surface area contributed by atoms with Gasteiger partial charge in [0, 0.05) is 31.7 Å². The van der Waals surface area contributed by atoms with E-state index in [0.717, 1.165) is 26.2 Å². The molecule has 2 fully saturated rings. The summed E-state index contributed by atoms with van der Waals surface area (Å²) in [6.45, 7) is 5.06. The molecule has 0 aromatic rings. The third-order valence-electron chi connectivity index (χ3n) is 3.01. The first-order valence-electron chi connectivity index (χ1n) is 5.48. The van der Waals surface area contributed by atoms with Gasteiger partial charge in [-0.25, -0.2) is 10.1 Å². The minimum absolute atomic E-state index is 0.249. The predicted octanol–water partition coefficient (Wildman–Crippen LogP) is -0.136. The first-order valence-corrected chi connectivity index (χ1v) is 5.48. The topological polar surface area (TPSA) is 80.0 Å². The summed E-state index contributed by atoms with van der Waals surface area (Å²) in [6, 6.07) is 0.249. The van der Waals surface area contributed by atoms with E-state index in [-0.39, 0.29) is 6.04 Å². The van der Waals surface area contributed by atoms with E-state index in [1.54, 1.807) is 0 Å². The Morgan fingerprint density at radius 2 is 2.56 bits per heavy atom. The zero-order chi connectivity index (χ0) is 11.5. The van der Waals surface area contributed by atoms with Crippen LogP contribution in [0.5, 0.6) is 0 Å². The van der Waals surface area contributed by atoms with Gasteiger partial charge in [0.25, 0.3) is 5.96 Å². The highest BCUT2D eigenvalue weighted by Gasteiger charge is 2.31. The Kier molecular flexibility index (Phi) is 3.23. The van der Waals surface area contributed by atoms with E-state index in [2.05, 4.69) is 10.4 Å². The van der Waals surface area contributed by atoms with Crippen molar-refractivity contribution in [2.75, 3.05) is 26.3 Å². The van der Waals surface area contributed by atoms with Crippen molar-refractivity contribution in [2.45, 2.75) is 19.4 Å². The van der Waals surface area contributed by atoms with Gasteiger partial charge in [-0.1, -0.05) is 0 Å². The Balaban J connectivity index is 2.00. The van der Waals surface area contributed by atoms with E-state index < -0.39 is 5.03 Å². The molecule has 0 radical (unpaired) electrons. The molecule has 0 aromatic carbocycles. The van der Waals surface area contributed by atoms with Gasteiger partial charge in [0.2, 0.25) is 0 Å². The Morgan fingerprint density at radius 3 is 3.19 bits per heavy atom. The molecule has 2 saturated heterocycles. The summed E-state index contributed by atoms with van der Waals surface area (Å²) in [5.41, 5.74) is 0. The number of nitrogens with one attached hydrogen (secondary N) is 1. The third-order valence-corrected chi connectivity index (χ3v) is 3.01. The van der Waals surface area contributed by atoms with E-state index >= 15 is 0 Å². The van der Waals surface area contributed by atoms with Crippen LogP contribution in [0.2, 0.25) is 0 Å². The van der Waals surface area contributed by atoms with Gasteiger partial charge in [-0.2, -0.15) is 0 Å². The van der Waals surface area contributed by atoms with Gasteiger partial charge in [0.15, 0.2) is 5.03 Å². The summed E-state index contributed by atoms with van der Waals surface area (Å²) < 4.78 is 5.30. The van der Waals surface area contributed by atoms with Gasteiger partial charge in [-0.3, -0.25) is 0 Å². The van der Waals surface area contributed by atoms with E-state index in [1.807, 2.05) is 11.8 Å². The normalized spacial score (nSPS) is 32.1. The van der Waals surface area contributed by atoms with Crippen LogP contribution in [-0.4, -0.2) is 48.2 Å². The molecule has 1 N–H and O–H groups in total. The lowest BCUT2D eigenvalue weighted by molar-refractivity contribution is -0.485. The number of hydrogen-bond acceptors (Lipinski definition) is 3. The van der Waals surface area contributed by atoms with Crippen molar-refractivity contribution in [1.82, 2.24) is 10.2 Å². The maximum atomic E-state index is 10.4. The minimum Gasteiger partial charge on any atom is -0.381 e. The molecule has 0 aromatic heterocycles. The fraction of sp³-hybridized carbons (Fsp3) is 0.889. The molecule has 2 unspecified atom stereocenters. The zero-order valence-electron chi connectivity index (χ0n) is 9.26. The predicted molar refractivity (Wildman–Crippen MR) is 57.5 cm³/mol. The molecule has 7 heteroatoms. The lowest BCUT2D eigenvalue weighted by Crippen LogP contribution is -2.38. The van der Waals surface area contributed by atoms with Crippen molar-refractivity contribution in [2.24, 2.45) is 11.0 Å². The molecule has 0 aliphatic carbocycles. The number of nitrogens with zero attached hydrogens (tertiary/aromatic N) is 3. The van der Waals surface area contributed by atoms with Crippen molar-refractivity contribution < 1.29 is 9.77 Å². The smallest absolute Gasteiger partial charge is 0.271 e. The molecular weight excluding hydrogens is 212 g/mol. The first-order chi connectivity index (χ1) is 7.66. The van der Waals surface area contributed by atoms with Crippen LogP contribution in [0, 0.1) is 16.0 Å². The van der Waals surface area contributed by atoms with Gasteiger partial charge >= 0.3 is 0 Å². The molecule has 7 nitrogen and oxygen atoms in total. The van der Waals surface area contributed by atoms with Gasteiger partial charge in [-0.15, -0.1) is 0 Å². The highest BCUT2D eigenvalue weighted by molar-refractivity contribution is 5.81. The largest absolute Gasteiger partial charge is 0.381 e. The summed E-state index contributed by atoms with van der Waals surface area (Å²) in [5, 5.41) is 16.0. The molecular formula is C9H16N4O3. The molecule has 16 heavy (non-hydrogen) atoms. The molecule has 0 spiro atoms. The second-order valence-electron chi connectivity index (χ2n) is 4.27. The quantitative estimate of drug-likeness (QED) is 0.537. The Morgan fingerprint density at radius 1 is 1.75 bits per heavy atom. The van der Waals surface area contributed by atoms with Crippen LogP contribution in [0.25, 0.3) is 0 Å². The van der Waals surface area contributed by atoms with E-state index in [9.17, 15) is 10.1 Å². The average molecular weight is 228 g/mol. The van der Waals surface area contributed by atoms with E-state index in [1.165, 1.54) is 0 Å². The van der Waals surface area contributed by atoms with Crippen molar-refractivity contribution in [3.05, 3.63) is 10.1 Å². The van der Waals surface area contributed by atoms with Gasteiger partial charge in [-0.05, 0) is 13.3 Å². The number of nitro groups is 1. The van der Waals surface area contributed by atoms with Crippen LogP contribution >= 0.6 is 0 Å².